The van der Waals surface area contributed by atoms with Crippen LogP contribution in [0.15, 0.2) is 30.3 Å². The molecule has 1 aliphatic heterocycles. The highest BCUT2D eigenvalue weighted by Gasteiger charge is 2.27. The number of likely N-dealkylation sites (tertiary alicyclic amines) is 1. The number of amides is 1. The minimum absolute atomic E-state index is 0.218. The zero-order chi connectivity index (χ0) is 14.5. The molecule has 0 radical (unpaired) electrons. The van der Waals surface area contributed by atoms with Gasteiger partial charge in [-0.3, -0.25) is 9.59 Å². The fourth-order valence-electron chi connectivity index (χ4n) is 2.26. The molecule has 0 aromatic heterocycles. The molecule has 0 saturated carbocycles. The van der Waals surface area contributed by atoms with E-state index in [1.807, 2.05) is 0 Å². The Balaban J connectivity index is 2.01. The molecular formula is C15H16FNO3. The average molecular weight is 277 g/mol. The van der Waals surface area contributed by atoms with E-state index in [1.165, 1.54) is 23.1 Å². The van der Waals surface area contributed by atoms with E-state index >= 15 is 0 Å². The number of carboxylic acid groups (broad SMARTS) is 1. The first-order valence-corrected chi connectivity index (χ1v) is 6.52. The smallest absolute Gasteiger partial charge is 0.308 e. The number of rotatable bonds is 3. The van der Waals surface area contributed by atoms with Gasteiger partial charge in [0.05, 0.1) is 5.92 Å². The van der Waals surface area contributed by atoms with E-state index in [4.69, 9.17) is 5.11 Å². The molecule has 4 nitrogen and oxygen atoms in total. The van der Waals surface area contributed by atoms with Crippen LogP contribution in [0.3, 0.4) is 0 Å². The summed E-state index contributed by atoms with van der Waals surface area (Å²) in [6, 6.07) is 6.17. The van der Waals surface area contributed by atoms with Crippen molar-refractivity contribution in [3.63, 3.8) is 0 Å². The van der Waals surface area contributed by atoms with Crippen LogP contribution in [0.25, 0.3) is 6.08 Å². The van der Waals surface area contributed by atoms with Crippen LogP contribution in [0, 0.1) is 11.7 Å². The van der Waals surface area contributed by atoms with Gasteiger partial charge in [0.25, 0.3) is 0 Å². The maximum Gasteiger partial charge on any atom is 0.308 e. The summed E-state index contributed by atoms with van der Waals surface area (Å²) in [5, 5.41) is 8.98. The summed E-state index contributed by atoms with van der Waals surface area (Å²) in [5.41, 5.74) is 0.340. The lowest BCUT2D eigenvalue weighted by Gasteiger charge is -2.29. The number of halogens is 1. The van der Waals surface area contributed by atoms with Gasteiger partial charge in [-0.05, 0) is 25.0 Å². The normalized spacial score (nSPS) is 19.2. The van der Waals surface area contributed by atoms with E-state index in [0.29, 0.717) is 24.9 Å². The molecule has 0 spiro atoms. The molecule has 1 N–H and O–H groups in total. The Bertz CT molecular complexity index is 542. The molecule has 1 aromatic carbocycles. The lowest BCUT2D eigenvalue weighted by molar-refractivity contribution is -0.144. The average Bonchev–Trinajstić information content (AvgIpc) is 2.46. The first-order chi connectivity index (χ1) is 9.58. The Morgan fingerprint density at radius 2 is 2.10 bits per heavy atom. The quantitative estimate of drug-likeness (QED) is 0.861. The fourth-order valence-corrected chi connectivity index (χ4v) is 2.26. The first kappa shape index (κ1) is 14.2. The van der Waals surface area contributed by atoms with E-state index < -0.39 is 17.7 Å². The number of benzene rings is 1. The second kappa shape index (κ2) is 6.32. The summed E-state index contributed by atoms with van der Waals surface area (Å²) in [6.07, 6.45) is 3.98. The fraction of sp³-hybridized carbons (Fsp3) is 0.333. The highest BCUT2D eigenvalue weighted by molar-refractivity contribution is 5.92. The lowest BCUT2D eigenvalue weighted by Crippen LogP contribution is -2.41. The maximum atomic E-state index is 13.4. The Morgan fingerprint density at radius 1 is 1.35 bits per heavy atom. The standard InChI is InChI=1S/C15H16FNO3/c16-13-6-2-1-4-11(13)7-8-14(18)17-9-3-5-12(10-17)15(19)20/h1-2,4,6-8,12H,3,5,9-10H2,(H,19,20)/b8-7-/t12-/m1/s1. The van der Waals surface area contributed by atoms with Gasteiger partial charge in [0, 0.05) is 24.7 Å². The molecule has 1 saturated heterocycles. The lowest BCUT2D eigenvalue weighted by atomic mass is 9.98. The molecule has 5 heteroatoms. The zero-order valence-corrected chi connectivity index (χ0v) is 11.0. The van der Waals surface area contributed by atoms with E-state index in [2.05, 4.69) is 0 Å². The third-order valence-corrected chi connectivity index (χ3v) is 3.39. The van der Waals surface area contributed by atoms with Gasteiger partial charge >= 0.3 is 5.97 Å². The van der Waals surface area contributed by atoms with Gasteiger partial charge in [0.15, 0.2) is 0 Å². The minimum atomic E-state index is -0.874. The number of aliphatic carboxylic acids is 1. The van der Waals surface area contributed by atoms with Gasteiger partial charge in [-0.15, -0.1) is 0 Å². The van der Waals surface area contributed by atoms with Crippen molar-refractivity contribution in [2.24, 2.45) is 5.92 Å². The molecule has 20 heavy (non-hydrogen) atoms. The monoisotopic (exact) mass is 277 g/mol. The van der Waals surface area contributed by atoms with Crippen molar-refractivity contribution in [1.82, 2.24) is 4.90 Å². The Hall–Kier alpha value is -2.17. The Kier molecular flexibility index (Phi) is 4.50. The number of carbonyl (C=O) groups excluding carboxylic acids is 1. The largest absolute Gasteiger partial charge is 0.481 e. The molecule has 1 amide bonds. The van der Waals surface area contributed by atoms with Crippen LogP contribution in [0.4, 0.5) is 4.39 Å². The SMILES string of the molecule is O=C(O)[C@@H]1CCCN(C(=O)/C=C\c2ccccc2F)C1. The predicted octanol–water partition coefficient (Wildman–Crippen LogP) is 2.16. The number of carbonyl (C=O) groups is 2. The second-order valence-corrected chi connectivity index (χ2v) is 4.82. The highest BCUT2D eigenvalue weighted by Crippen LogP contribution is 2.17. The molecule has 1 atom stereocenters. The van der Waals surface area contributed by atoms with E-state index in [1.54, 1.807) is 18.2 Å². The summed E-state index contributed by atoms with van der Waals surface area (Å²) in [7, 11) is 0. The van der Waals surface area contributed by atoms with Crippen LogP contribution in [0.1, 0.15) is 18.4 Å². The van der Waals surface area contributed by atoms with Crippen LogP contribution in [0.5, 0.6) is 0 Å². The molecule has 106 valence electrons. The third-order valence-electron chi connectivity index (χ3n) is 3.39. The molecule has 1 fully saturated rings. The predicted molar refractivity (Wildman–Crippen MR) is 72.4 cm³/mol. The summed E-state index contributed by atoms with van der Waals surface area (Å²) in [5.74, 6) is -2.05. The molecular weight excluding hydrogens is 261 g/mol. The third kappa shape index (κ3) is 3.44. The summed E-state index contributed by atoms with van der Waals surface area (Å²) in [6.45, 7) is 0.764. The van der Waals surface area contributed by atoms with Gasteiger partial charge in [0.1, 0.15) is 5.82 Å². The van der Waals surface area contributed by atoms with E-state index in [0.717, 1.165) is 0 Å². The molecule has 1 aliphatic rings. The van der Waals surface area contributed by atoms with Crippen molar-refractivity contribution in [3.8, 4) is 0 Å². The Labute approximate surface area is 116 Å². The van der Waals surface area contributed by atoms with Crippen molar-refractivity contribution >= 4 is 18.0 Å². The topological polar surface area (TPSA) is 57.6 Å². The molecule has 1 aromatic rings. The van der Waals surface area contributed by atoms with E-state index in [9.17, 15) is 14.0 Å². The van der Waals surface area contributed by atoms with Crippen LogP contribution >= 0.6 is 0 Å². The molecule has 2 rings (SSSR count). The molecule has 0 bridgehead atoms. The number of carboxylic acids is 1. The minimum Gasteiger partial charge on any atom is -0.481 e. The zero-order valence-electron chi connectivity index (χ0n) is 11.0. The summed E-state index contributed by atoms with van der Waals surface area (Å²) in [4.78, 5) is 24.4. The second-order valence-electron chi connectivity index (χ2n) is 4.82. The molecule has 1 heterocycles. The summed E-state index contributed by atoms with van der Waals surface area (Å²) >= 11 is 0. The first-order valence-electron chi connectivity index (χ1n) is 6.52. The van der Waals surface area contributed by atoms with Crippen molar-refractivity contribution in [2.75, 3.05) is 13.1 Å². The van der Waals surface area contributed by atoms with Crippen molar-refractivity contribution in [1.29, 1.82) is 0 Å². The summed E-state index contributed by atoms with van der Waals surface area (Å²) < 4.78 is 13.4. The number of piperidine rings is 1. The van der Waals surface area contributed by atoms with Gasteiger partial charge in [-0.1, -0.05) is 18.2 Å². The van der Waals surface area contributed by atoms with Gasteiger partial charge < -0.3 is 10.0 Å². The Morgan fingerprint density at radius 3 is 2.80 bits per heavy atom. The van der Waals surface area contributed by atoms with Crippen molar-refractivity contribution < 1.29 is 19.1 Å². The van der Waals surface area contributed by atoms with Gasteiger partial charge in [-0.25, -0.2) is 4.39 Å². The van der Waals surface area contributed by atoms with Crippen LogP contribution in [-0.2, 0) is 9.59 Å². The molecule has 0 unspecified atom stereocenters. The van der Waals surface area contributed by atoms with Gasteiger partial charge in [-0.2, -0.15) is 0 Å². The highest BCUT2D eigenvalue weighted by atomic mass is 19.1. The number of hydrogen-bond acceptors (Lipinski definition) is 2. The maximum absolute atomic E-state index is 13.4. The van der Waals surface area contributed by atoms with Crippen molar-refractivity contribution in [2.45, 2.75) is 12.8 Å². The number of hydrogen-bond donors (Lipinski definition) is 1. The van der Waals surface area contributed by atoms with Crippen LogP contribution < -0.4 is 0 Å². The van der Waals surface area contributed by atoms with E-state index in [-0.39, 0.29) is 12.5 Å². The van der Waals surface area contributed by atoms with Crippen molar-refractivity contribution in [3.05, 3.63) is 41.7 Å². The van der Waals surface area contributed by atoms with Crippen LogP contribution in [0.2, 0.25) is 0 Å². The van der Waals surface area contributed by atoms with Crippen LogP contribution in [-0.4, -0.2) is 35.0 Å². The number of nitrogens with zero attached hydrogens (tertiary/aromatic N) is 1. The van der Waals surface area contributed by atoms with Gasteiger partial charge in [0.2, 0.25) is 5.91 Å². The molecule has 0 aliphatic carbocycles.